The largest absolute Gasteiger partial charge is 0.390 e. The molecule has 3 aromatic heterocycles. The number of likely N-dealkylation sites (tertiary alicyclic amines) is 1. The highest BCUT2D eigenvalue weighted by molar-refractivity contribution is 9.10. The van der Waals surface area contributed by atoms with Gasteiger partial charge in [-0.05, 0) is 59.1 Å². The topological polar surface area (TPSA) is 163 Å². The molecule has 2 aliphatic rings. The summed E-state index contributed by atoms with van der Waals surface area (Å²) in [4.78, 5) is 53.7. The van der Waals surface area contributed by atoms with Gasteiger partial charge in [0.2, 0.25) is 11.6 Å². The molecule has 4 aromatic rings. The van der Waals surface area contributed by atoms with Crippen LogP contribution in [0.25, 0.3) is 22.0 Å². The molecular weight excluding hydrogens is 606 g/mol. The molecule has 0 bridgehead atoms. The molecule has 1 saturated heterocycles. The molecule has 2 amide bonds. The lowest BCUT2D eigenvalue weighted by Crippen LogP contribution is -2.59. The maximum Gasteiger partial charge on any atom is 0.278 e. The molecule has 1 aliphatic heterocycles. The van der Waals surface area contributed by atoms with Crippen LogP contribution in [0.1, 0.15) is 42.1 Å². The van der Waals surface area contributed by atoms with E-state index in [0.717, 1.165) is 16.0 Å². The normalized spacial score (nSPS) is 24.5. The molecule has 4 heterocycles. The Morgan fingerprint density at radius 1 is 1.12 bits per heavy atom. The number of aliphatic hydroxyl groups is 2. The Labute approximate surface area is 248 Å². The number of Topliss-reactive ketones (excluding diaryl/α,β-unsaturated/α-hetero) is 1. The molecule has 1 aromatic carbocycles. The molecule has 12 nitrogen and oxygen atoms in total. The monoisotopic (exact) mass is 633 g/mol. The minimum atomic E-state index is -2.24. The Balaban J connectivity index is 1.34. The average molecular weight is 634 g/mol. The summed E-state index contributed by atoms with van der Waals surface area (Å²) in [6.07, 6.45) is 2.32. The zero-order valence-corrected chi connectivity index (χ0v) is 24.9. The lowest BCUT2D eigenvalue weighted by atomic mass is 9.97. The van der Waals surface area contributed by atoms with E-state index in [0.29, 0.717) is 26.9 Å². The van der Waals surface area contributed by atoms with Crippen LogP contribution in [0.3, 0.4) is 0 Å². The summed E-state index contributed by atoms with van der Waals surface area (Å²) >= 11 is 3.28. The number of carbonyl (C=O) groups excluding carboxylic acids is 3. The van der Waals surface area contributed by atoms with Gasteiger partial charge in [-0.3, -0.25) is 24.0 Å². The molecule has 1 unspecified atom stereocenters. The van der Waals surface area contributed by atoms with Gasteiger partial charge in [-0.25, -0.2) is 15.0 Å². The summed E-state index contributed by atoms with van der Waals surface area (Å²) in [5.41, 5.74) is -0.208. The predicted molar refractivity (Wildman–Crippen MR) is 155 cm³/mol. The second kappa shape index (κ2) is 9.75. The fourth-order valence-corrected chi connectivity index (χ4v) is 6.19. The van der Waals surface area contributed by atoms with Crippen molar-refractivity contribution in [3.8, 4) is 11.1 Å². The number of hydrogen-bond donors (Lipinski definition) is 3. The van der Waals surface area contributed by atoms with Crippen molar-refractivity contribution in [1.29, 1.82) is 0 Å². The van der Waals surface area contributed by atoms with Gasteiger partial charge in [0.05, 0.1) is 17.7 Å². The van der Waals surface area contributed by atoms with Crippen LogP contribution in [-0.2, 0) is 16.1 Å². The van der Waals surface area contributed by atoms with E-state index < -0.39 is 35.1 Å². The Morgan fingerprint density at radius 2 is 1.83 bits per heavy atom. The summed E-state index contributed by atoms with van der Waals surface area (Å²) in [6.45, 7) is 6.29. The summed E-state index contributed by atoms with van der Waals surface area (Å²) in [7, 11) is 0. The number of nitrogens with one attached hydrogen (secondary N) is 1. The number of aryl methyl sites for hydroxylation is 2. The maximum atomic E-state index is 13.9. The van der Waals surface area contributed by atoms with Gasteiger partial charge in [-0.15, -0.1) is 0 Å². The summed E-state index contributed by atoms with van der Waals surface area (Å²) in [5.74, 6) is -0.883. The summed E-state index contributed by atoms with van der Waals surface area (Å²) < 4.78 is 1.87. The first kappa shape index (κ1) is 28.1. The van der Waals surface area contributed by atoms with Crippen LogP contribution < -0.4 is 5.32 Å². The Bertz CT molecular complexity index is 1790. The average Bonchev–Trinajstić information content (AvgIpc) is 3.21. The van der Waals surface area contributed by atoms with Gasteiger partial charge in [-0.2, -0.15) is 5.10 Å². The fourth-order valence-electron chi connectivity index (χ4n) is 5.88. The van der Waals surface area contributed by atoms with Crippen LogP contribution in [0, 0.1) is 19.3 Å². The number of halogens is 1. The second-order valence-electron chi connectivity index (χ2n) is 11.2. The van der Waals surface area contributed by atoms with Gasteiger partial charge in [0.1, 0.15) is 28.5 Å². The van der Waals surface area contributed by atoms with Gasteiger partial charge in [-0.1, -0.05) is 19.1 Å². The number of ketones is 1. The van der Waals surface area contributed by atoms with Crippen molar-refractivity contribution >= 4 is 50.2 Å². The number of nitrogens with zero attached hydrogens (tertiary/aromatic N) is 6. The fraction of sp³-hybridized carbons (Fsp3) is 0.345. The van der Waals surface area contributed by atoms with E-state index in [1.807, 2.05) is 6.07 Å². The molecular formula is C29H28BrN7O5. The predicted octanol–water partition coefficient (Wildman–Crippen LogP) is 2.78. The van der Waals surface area contributed by atoms with Gasteiger partial charge < -0.3 is 15.5 Å². The van der Waals surface area contributed by atoms with Crippen LogP contribution in [0.15, 0.2) is 47.3 Å². The molecule has 2 fully saturated rings. The standard InChI is InChI=1S/C29H28BrN7O5/c1-14-5-8-21(30)33-26(14)34-27(41)29(42)13-28(4)24(25(28)40)37(29)22(39)12-36-20-7-6-17(18-10-31-16(3)32-11-18)9-19(20)23(35-36)15(2)38/h5-11,24-25,40,42H,12-13H2,1-4H3,(H,33,34,41)/t24-,25?,28-,29-/m1/s1. The Morgan fingerprint density at radius 3 is 2.52 bits per heavy atom. The van der Waals surface area contributed by atoms with Crippen molar-refractivity contribution in [3.05, 3.63) is 64.4 Å². The van der Waals surface area contributed by atoms with E-state index in [1.54, 1.807) is 57.4 Å². The van der Waals surface area contributed by atoms with Crippen molar-refractivity contribution in [1.82, 2.24) is 29.6 Å². The van der Waals surface area contributed by atoms with Crippen LogP contribution in [0.5, 0.6) is 0 Å². The van der Waals surface area contributed by atoms with E-state index >= 15 is 0 Å². The minimum Gasteiger partial charge on any atom is -0.390 e. The van der Waals surface area contributed by atoms with E-state index in [9.17, 15) is 24.6 Å². The SMILES string of the molecule is CC(=O)c1nn(CC(=O)N2[C@@H]3C(O)[C@]3(C)C[C@@]2(O)C(=O)Nc2nc(Br)ccc2C)c2ccc(-c3cnc(C)nc3)cc12. The van der Waals surface area contributed by atoms with Crippen molar-refractivity contribution in [2.75, 3.05) is 5.32 Å². The van der Waals surface area contributed by atoms with Crippen LogP contribution in [-0.4, -0.2) is 75.3 Å². The number of aliphatic hydroxyl groups excluding tert-OH is 1. The van der Waals surface area contributed by atoms with Crippen molar-refractivity contribution in [3.63, 3.8) is 0 Å². The zero-order chi connectivity index (χ0) is 30.1. The first-order valence-electron chi connectivity index (χ1n) is 13.3. The van der Waals surface area contributed by atoms with Crippen LogP contribution in [0.2, 0.25) is 0 Å². The Hall–Kier alpha value is -4.07. The van der Waals surface area contributed by atoms with E-state index in [2.05, 4.69) is 41.3 Å². The van der Waals surface area contributed by atoms with Crippen molar-refractivity contribution < 1.29 is 24.6 Å². The highest BCUT2D eigenvalue weighted by atomic mass is 79.9. The molecule has 4 atom stereocenters. The third-order valence-electron chi connectivity index (χ3n) is 8.26. The van der Waals surface area contributed by atoms with E-state index in [-0.39, 0.29) is 30.3 Å². The summed E-state index contributed by atoms with van der Waals surface area (Å²) in [5, 5.41) is 30.0. The van der Waals surface area contributed by atoms with Crippen LogP contribution in [0.4, 0.5) is 5.82 Å². The smallest absolute Gasteiger partial charge is 0.278 e. The number of anilines is 1. The quantitative estimate of drug-likeness (QED) is 0.214. The van der Waals surface area contributed by atoms with Crippen LogP contribution >= 0.6 is 15.9 Å². The Kier molecular flexibility index (Phi) is 6.52. The first-order chi connectivity index (χ1) is 19.8. The number of benzene rings is 1. The molecule has 1 aliphatic carbocycles. The number of hydrogen-bond acceptors (Lipinski definition) is 9. The number of carbonyl (C=O) groups is 3. The lowest BCUT2D eigenvalue weighted by Gasteiger charge is -2.35. The molecule has 3 N–H and O–H groups in total. The van der Waals surface area contributed by atoms with E-state index in [4.69, 9.17) is 0 Å². The third kappa shape index (κ3) is 4.39. The number of aromatic nitrogens is 5. The number of fused-ring (bicyclic) bond motifs is 2. The molecule has 13 heteroatoms. The highest BCUT2D eigenvalue weighted by Crippen LogP contribution is 2.62. The first-order valence-corrected chi connectivity index (χ1v) is 14.1. The molecule has 6 rings (SSSR count). The molecule has 1 saturated carbocycles. The van der Waals surface area contributed by atoms with Gasteiger partial charge in [0.15, 0.2) is 5.78 Å². The van der Waals surface area contributed by atoms with Gasteiger partial charge in [0.25, 0.3) is 5.91 Å². The van der Waals surface area contributed by atoms with Gasteiger partial charge >= 0.3 is 0 Å². The molecule has 0 spiro atoms. The molecule has 0 radical (unpaired) electrons. The minimum absolute atomic E-state index is 0.156. The summed E-state index contributed by atoms with van der Waals surface area (Å²) in [6, 6.07) is 8.07. The maximum absolute atomic E-state index is 13.9. The zero-order valence-electron chi connectivity index (χ0n) is 23.3. The highest BCUT2D eigenvalue weighted by Gasteiger charge is 2.77. The van der Waals surface area contributed by atoms with Crippen molar-refractivity contribution in [2.45, 2.75) is 58.5 Å². The van der Waals surface area contributed by atoms with E-state index in [1.165, 1.54) is 11.6 Å². The lowest BCUT2D eigenvalue weighted by molar-refractivity contribution is -0.171. The van der Waals surface area contributed by atoms with Crippen molar-refractivity contribution in [2.24, 2.45) is 5.41 Å². The third-order valence-corrected chi connectivity index (χ3v) is 8.70. The van der Waals surface area contributed by atoms with Gasteiger partial charge in [0, 0.05) is 42.1 Å². The second-order valence-corrected chi connectivity index (χ2v) is 12.0. The number of pyridine rings is 1. The molecule has 42 heavy (non-hydrogen) atoms. The number of rotatable bonds is 6. The molecule has 216 valence electrons. The number of piperidine rings is 1. The number of amides is 2.